The van der Waals surface area contributed by atoms with Gasteiger partial charge in [0.05, 0.1) is 0 Å². The van der Waals surface area contributed by atoms with Crippen LogP contribution in [0.5, 0.6) is 0 Å². The molecule has 0 N–H and O–H groups in total. The number of aryl methyl sites for hydroxylation is 5. The van der Waals surface area contributed by atoms with Gasteiger partial charge in [-0.05, 0) is 104 Å². The van der Waals surface area contributed by atoms with Gasteiger partial charge < -0.3 is 0 Å². The van der Waals surface area contributed by atoms with Crippen LogP contribution in [0.4, 0.5) is 0 Å². The lowest BCUT2D eigenvalue weighted by atomic mass is 9.88. The summed E-state index contributed by atoms with van der Waals surface area (Å²) in [6.07, 6.45) is 15.4. The molecule has 0 aliphatic rings. The zero-order valence-corrected chi connectivity index (χ0v) is 25.9. The van der Waals surface area contributed by atoms with E-state index in [2.05, 4.69) is 113 Å². The van der Waals surface area contributed by atoms with Crippen LogP contribution in [0.1, 0.15) is 123 Å². The molecule has 0 aromatic heterocycles. The molecule has 0 saturated carbocycles. The first kappa shape index (κ1) is 31.3. The quantitative estimate of drug-likeness (QED) is 0.152. The van der Waals surface area contributed by atoms with E-state index in [1.165, 1.54) is 95.9 Å². The van der Waals surface area contributed by atoms with Gasteiger partial charge in [0.1, 0.15) is 0 Å². The van der Waals surface area contributed by atoms with Crippen LogP contribution in [0.25, 0.3) is 11.1 Å². The van der Waals surface area contributed by atoms with Crippen LogP contribution in [0.3, 0.4) is 0 Å². The highest BCUT2D eigenvalue weighted by Crippen LogP contribution is 2.32. The molecule has 0 nitrogen and oxygen atoms in total. The van der Waals surface area contributed by atoms with Crippen molar-refractivity contribution in [3.8, 4) is 34.8 Å². The van der Waals surface area contributed by atoms with Crippen molar-refractivity contribution in [2.45, 2.75) is 118 Å². The van der Waals surface area contributed by atoms with Gasteiger partial charge in [-0.1, -0.05) is 118 Å². The van der Waals surface area contributed by atoms with Gasteiger partial charge in [-0.25, -0.2) is 0 Å². The molecule has 0 amide bonds. The van der Waals surface area contributed by atoms with Crippen LogP contribution in [0.2, 0.25) is 0 Å². The maximum atomic E-state index is 3.57. The number of hydrogen-bond acceptors (Lipinski definition) is 0. The molecule has 0 unspecified atom stereocenters. The Morgan fingerprint density at radius 1 is 0.525 bits per heavy atom. The monoisotopic (exact) mass is 530 g/mol. The van der Waals surface area contributed by atoms with Gasteiger partial charge in [-0.15, -0.1) is 0 Å². The Kier molecular flexibility index (Phi) is 13.7. The molecule has 3 aromatic carbocycles. The summed E-state index contributed by atoms with van der Waals surface area (Å²) in [5, 5.41) is 0. The highest BCUT2D eigenvalue weighted by molar-refractivity contribution is 5.73. The molecule has 3 rings (SSSR count). The highest BCUT2D eigenvalue weighted by Gasteiger charge is 2.12. The molecule has 0 radical (unpaired) electrons. The fourth-order valence-electron chi connectivity index (χ4n) is 5.30. The molecule has 0 heteroatoms. The molecule has 0 bridgehead atoms. The molecule has 0 fully saturated rings. The largest absolute Gasteiger partial charge is 0.0978 e. The Balaban J connectivity index is 1.78. The van der Waals surface area contributed by atoms with E-state index >= 15 is 0 Å². The fourth-order valence-corrected chi connectivity index (χ4v) is 5.30. The molecule has 0 heterocycles. The van der Waals surface area contributed by atoms with Crippen molar-refractivity contribution in [1.82, 2.24) is 0 Å². The molecule has 0 aliphatic carbocycles. The topological polar surface area (TPSA) is 0 Å². The molecule has 0 atom stereocenters. The van der Waals surface area contributed by atoms with Crippen molar-refractivity contribution >= 4 is 0 Å². The van der Waals surface area contributed by atoms with E-state index in [0.29, 0.717) is 0 Å². The summed E-state index contributed by atoms with van der Waals surface area (Å²) in [5.74, 6) is 13.7. The Hall–Kier alpha value is -3.22. The first-order valence-electron chi connectivity index (χ1n) is 15.8. The minimum Gasteiger partial charge on any atom is -0.0978 e. The van der Waals surface area contributed by atoms with Crippen LogP contribution in [-0.4, -0.2) is 0 Å². The molecule has 0 saturated heterocycles. The zero-order valence-electron chi connectivity index (χ0n) is 25.9. The molecular weight excluding hydrogens is 480 g/mol. The standard InChI is InChI=1S/C40H50/c1-6-8-10-15-24-36-28-27-32(3)29-40(36)39-31-38(26-16-11-9-7-2)37(30-34(39)5)25-18-14-12-13-17-22-35-23-20-19-21-33(35)4/h19-21,23,27-31H,6-16,24,26H2,1-5H3. The summed E-state index contributed by atoms with van der Waals surface area (Å²) in [7, 11) is 0. The van der Waals surface area contributed by atoms with Gasteiger partial charge in [0.15, 0.2) is 0 Å². The van der Waals surface area contributed by atoms with Crippen LogP contribution >= 0.6 is 0 Å². The van der Waals surface area contributed by atoms with Gasteiger partial charge in [0.25, 0.3) is 0 Å². The Bertz CT molecular complexity index is 1330. The Morgan fingerprint density at radius 3 is 1.85 bits per heavy atom. The number of benzene rings is 3. The van der Waals surface area contributed by atoms with Gasteiger partial charge in [0.2, 0.25) is 0 Å². The summed E-state index contributed by atoms with van der Waals surface area (Å²) in [4.78, 5) is 0. The second-order valence-corrected chi connectivity index (χ2v) is 11.4. The summed E-state index contributed by atoms with van der Waals surface area (Å²) >= 11 is 0. The van der Waals surface area contributed by atoms with E-state index in [0.717, 1.165) is 37.7 Å². The molecule has 40 heavy (non-hydrogen) atoms. The van der Waals surface area contributed by atoms with Crippen LogP contribution in [-0.2, 0) is 12.8 Å². The third-order valence-corrected chi connectivity index (χ3v) is 7.80. The zero-order chi connectivity index (χ0) is 28.6. The highest BCUT2D eigenvalue weighted by atomic mass is 14.2. The van der Waals surface area contributed by atoms with Gasteiger partial charge >= 0.3 is 0 Å². The molecular formula is C40H50. The summed E-state index contributed by atoms with van der Waals surface area (Å²) < 4.78 is 0. The van der Waals surface area contributed by atoms with Gasteiger partial charge in [0, 0.05) is 24.0 Å². The van der Waals surface area contributed by atoms with Crippen LogP contribution < -0.4 is 0 Å². The van der Waals surface area contributed by atoms with Crippen molar-refractivity contribution in [2.24, 2.45) is 0 Å². The average molecular weight is 531 g/mol. The lowest BCUT2D eigenvalue weighted by Crippen LogP contribution is -1.98. The van der Waals surface area contributed by atoms with E-state index < -0.39 is 0 Å². The molecule has 0 aliphatic heterocycles. The van der Waals surface area contributed by atoms with Crippen molar-refractivity contribution in [3.63, 3.8) is 0 Å². The number of hydrogen-bond donors (Lipinski definition) is 0. The van der Waals surface area contributed by atoms with Crippen molar-refractivity contribution in [3.05, 3.63) is 93.5 Å². The van der Waals surface area contributed by atoms with E-state index in [1.54, 1.807) is 0 Å². The maximum Gasteiger partial charge on any atom is 0.0280 e. The average Bonchev–Trinajstić information content (AvgIpc) is 2.95. The Labute approximate surface area is 246 Å². The van der Waals surface area contributed by atoms with E-state index in [9.17, 15) is 0 Å². The second-order valence-electron chi connectivity index (χ2n) is 11.4. The van der Waals surface area contributed by atoms with Crippen molar-refractivity contribution < 1.29 is 0 Å². The van der Waals surface area contributed by atoms with Crippen molar-refractivity contribution in [1.29, 1.82) is 0 Å². The smallest absolute Gasteiger partial charge is 0.0280 e. The summed E-state index contributed by atoms with van der Waals surface area (Å²) in [5.41, 5.74) is 12.0. The Morgan fingerprint density at radius 2 is 1.18 bits per heavy atom. The maximum absolute atomic E-state index is 3.57. The van der Waals surface area contributed by atoms with E-state index in [-0.39, 0.29) is 0 Å². The SMILES string of the molecule is CCCCCCc1cc(-c2cc(C)ccc2CCCCCC)c(C)cc1C#CCCCC#Cc1ccccc1C. The molecule has 210 valence electrons. The first-order chi connectivity index (χ1) is 19.5. The number of rotatable bonds is 13. The third kappa shape index (κ3) is 10.1. The fraction of sp³-hybridized carbons (Fsp3) is 0.450. The molecule has 3 aromatic rings. The minimum absolute atomic E-state index is 0.887. The van der Waals surface area contributed by atoms with Crippen LogP contribution in [0, 0.1) is 44.5 Å². The predicted octanol–water partition coefficient (Wildman–Crippen LogP) is 11.1. The lowest BCUT2D eigenvalue weighted by Gasteiger charge is -2.16. The summed E-state index contributed by atoms with van der Waals surface area (Å²) in [6.45, 7) is 11.2. The van der Waals surface area contributed by atoms with Gasteiger partial charge in [-0.2, -0.15) is 0 Å². The van der Waals surface area contributed by atoms with Gasteiger partial charge in [-0.3, -0.25) is 0 Å². The number of unbranched alkanes of at least 4 members (excludes halogenated alkanes) is 8. The van der Waals surface area contributed by atoms with E-state index in [4.69, 9.17) is 0 Å². The second kappa shape index (κ2) is 17.5. The van der Waals surface area contributed by atoms with Crippen molar-refractivity contribution in [2.75, 3.05) is 0 Å². The summed E-state index contributed by atoms with van der Waals surface area (Å²) in [6, 6.07) is 20.2. The lowest BCUT2D eigenvalue weighted by molar-refractivity contribution is 0.666. The molecule has 0 spiro atoms. The minimum atomic E-state index is 0.887. The van der Waals surface area contributed by atoms with E-state index in [1.807, 2.05) is 0 Å². The third-order valence-electron chi connectivity index (χ3n) is 7.80. The van der Waals surface area contributed by atoms with Crippen LogP contribution in [0.15, 0.2) is 54.6 Å². The predicted molar refractivity (Wildman–Crippen MR) is 176 cm³/mol. The first-order valence-corrected chi connectivity index (χ1v) is 15.8. The normalized spacial score (nSPS) is 10.5.